The number of ether oxygens (including phenoxy) is 1. The third kappa shape index (κ3) is 6.75. The van der Waals surface area contributed by atoms with Crippen LogP contribution in [0.3, 0.4) is 0 Å². The molecule has 2 rings (SSSR count). The summed E-state index contributed by atoms with van der Waals surface area (Å²) in [6.45, 7) is 6.43. The molecule has 0 aromatic heterocycles. The lowest BCUT2D eigenvalue weighted by molar-refractivity contribution is -0.142. The Morgan fingerprint density at radius 2 is 1.86 bits per heavy atom. The fourth-order valence-corrected chi connectivity index (χ4v) is 3.71. The second kappa shape index (κ2) is 11.2. The number of benzene rings is 2. The summed E-state index contributed by atoms with van der Waals surface area (Å²) >= 11 is 9.33. The standard InChI is InChI=1S/C22H26BrClN2O3/c1-4-19(22(28)25-5-2)26(13-16-8-6-15(3)7-9-16)21(27)14-29-20-11-10-17(24)12-18(20)23/h6-12,19H,4-5,13-14H2,1-3H3,(H,25,28)/t19-/m1/s1. The Labute approximate surface area is 185 Å². The molecule has 2 aromatic carbocycles. The van der Waals surface area contributed by atoms with Gasteiger partial charge in [-0.05, 0) is 60.0 Å². The van der Waals surface area contributed by atoms with E-state index in [1.165, 1.54) is 0 Å². The molecule has 1 N–H and O–H groups in total. The summed E-state index contributed by atoms with van der Waals surface area (Å²) in [5.74, 6) is 0.0951. The lowest BCUT2D eigenvalue weighted by atomic mass is 10.1. The van der Waals surface area contributed by atoms with E-state index in [2.05, 4.69) is 21.2 Å². The van der Waals surface area contributed by atoms with Gasteiger partial charge in [0, 0.05) is 18.1 Å². The highest BCUT2D eigenvalue weighted by atomic mass is 79.9. The maximum Gasteiger partial charge on any atom is 0.261 e. The molecule has 0 bridgehead atoms. The van der Waals surface area contributed by atoms with Crippen LogP contribution in [0.5, 0.6) is 5.75 Å². The van der Waals surface area contributed by atoms with E-state index >= 15 is 0 Å². The van der Waals surface area contributed by atoms with Gasteiger partial charge in [-0.1, -0.05) is 48.4 Å². The summed E-state index contributed by atoms with van der Waals surface area (Å²) in [5, 5.41) is 3.39. The van der Waals surface area contributed by atoms with Gasteiger partial charge >= 0.3 is 0 Å². The molecule has 1 atom stereocenters. The molecule has 156 valence electrons. The fourth-order valence-electron chi connectivity index (χ4n) is 2.92. The van der Waals surface area contributed by atoms with Crippen LogP contribution in [0.4, 0.5) is 0 Å². The predicted molar refractivity (Wildman–Crippen MR) is 119 cm³/mol. The molecule has 29 heavy (non-hydrogen) atoms. The number of rotatable bonds is 9. The molecule has 0 spiro atoms. The number of nitrogens with one attached hydrogen (secondary N) is 1. The largest absolute Gasteiger partial charge is 0.483 e. The van der Waals surface area contributed by atoms with E-state index in [-0.39, 0.29) is 18.4 Å². The van der Waals surface area contributed by atoms with Gasteiger partial charge in [0.1, 0.15) is 11.8 Å². The molecule has 7 heteroatoms. The van der Waals surface area contributed by atoms with Crippen LogP contribution in [0.15, 0.2) is 46.9 Å². The van der Waals surface area contributed by atoms with Crippen LogP contribution in [0, 0.1) is 6.92 Å². The summed E-state index contributed by atoms with van der Waals surface area (Å²) in [7, 11) is 0. The van der Waals surface area contributed by atoms with Gasteiger partial charge in [-0.15, -0.1) is 0 Å². The smallest absolute Gasteiger partial charge is 0.261 e. The second-order valence-corrected chi connectivity index (χ2v) is 7.98. The van der Waals surface area contributed by atoms with E-state index in [9.17, 15) is 9.59 Å². The average Bonchev–Trinajstić information content (AvgIpc) is 2.68. The quantitative estimate of drug-likeness (QED) is 0.563. The van der Waals surface area contributed by atoms with E-state index in [0.717, 1.165) is 11.1 Å². The Morgan fingerprint density at radius 1 is 1.17 bits per heavy atom. The lowest BCUT2D eigenvalue weighted by Crippen LogP contribution is -2.50. The molecule has 0 aliphatic rings. The predicted octanol–water partition coefficient (Wildman–Crippen LogP) is 4.73. The van der Waals surface area contributed by atoms with Gasteiger partial charge in [-0.3, -0.25) is 9.59 Å². The fraction of sp³-hybridized carbons (Fsp3) is 0.364. The first-order valence-corrected chi connectivity index (χ1v) is 10.7. The number of likely N-dealkylation sites (N-methyl/N-ethyl adjacent to an activating group) is 1. The summed E-state index contributed by atoms with van der Waals surface area (Å²) in [4.78, 5) is 27.2. The first-order chi connectivity index (χ1) is 13.8. The van der Waals surface area contributed by atoms with Gasteiger partial charge in [0.2, 0.25) is 5.91 Å². The van der Waals surface area contributed by atoms with E-state index < -0.39 is 6.04 Å². The highest BCUT2D eigenvalue weighted by Gasteiger charge is 2.28. The summed E-state index contributed by atoms with van der Waals surface area (Å²) < 4.78 is 6.36. The van der Waals surface area contributed by atoms with Gasteiger partial charge in [0.25, 0.3) is 5.91 Å². The number of aryl methyl sites for hydroxylation is 1. The number of nitrogens with zero attached hydrogens (tertiary/aromatic N) is 1. The SMILES string of the molecule is CCNC(=O)[C@@H](CC)N(Cc1ccc(C)cc1)C(=O)COc1ccc(Cl)cc1Br. The van der Waals surface area contributed by atoms with Crippen LogP contribution in [-0.4, -0.2) is 35.9 Å². The second-order valence-electron chi connectivity index (χ2n) is 6.69. The van der Waals surface area contributed by atoms with E-state index in [4.69, 9.17) is 16.3 Å². The molecule has 2 amide bonds. The molecule has 5 nitrogen and oxygen atoms in total. The summed E-state index contributed by atoms with van der Waals surface area (Å²) in [6.07, 6.45) is 0.508. The van der Waals surface area contributed by atoms with Crippen molar-refractivity contribution in [2.75, 3.05) is 13.2 Å². The van der Waals surface area contributed by atoms with Gasteiger partial charge in [0.05, 0.1) is 4.47 Å². The topological polar surface area (TPSA) is 58.6 Å². The van der Waals surface area contributed by atoms with Crippen LogP contribution in [-0.2, 0) is 16.1 Å². The zero-order valence-electron chi connectivity index (χ0n) is 16.9. The summed E-state index contributed by atoms with van der Waals surface area (Å²) in [6, 6.07) is 12.5. The molecule has 0 radical (unpaired) electrons. The van der Waals surface area contributed by atoms with Gasteiger partial charge in [-0.2, -0.15) is 0 Å². The minimum atomic E-state index is -0.569. The Bertz CT molecular complexity index is 842. The zero-order chi connectivity index (χ0) is 21.4. The van der Waals surface area contributed by atoms with Gasteiger partial charge in [0.15, 0.2) is 6.61 Å². The van der Waals surface area contributed by atoms with Crippen LogP contribution in [0.2, 0.25) is 5.02 Å². The van der Waals surface area contributed by atoms with Crippen molar-refractivity contribution in [3.8, 4) is 5.75 Å². The van der Waals surface area contributed by atoms with E-state index in [0.29, 0.717) is 34.8 Å². The molecule has 0 aliphatic carbocycles. The van der Waals surface area contributed by atoms with Gasteiger partial charge < -0.3 is 15.0 Å². The Hall–Kier alpha value is -2.05. The van der Waals surface area contributed by atoms with Crippen molar-refractivity contribution in [2.24, 2.45) is 0 Å². The maximum absolute atomic E-state index is 13.1. The molecule has 2 aromatic rings. The first-order valence-electron chi connectivity index (χ1n) is 9.56. The first kappa shape index (κ1) is 23.2. The number of carbonyl (C=O) groups excluding carboxylic acids is 2. The van der Waals surface area contributed by atoms with E-state index in [1.807, 2.05) is 45.0 Å². The van der Waals surface area contributed by atoms with Crippen molar-refractivity contribution < 1.29 is 14.3 Å². The van der Waals surface area contributed by atoms with Crippen molar-refractivity contribution in [3.05, 3.63) is 63.1 Å². The molecule has 0 fully saturated rings. The van der Waals surface area contributed by atoms with Crippen molar-refractivity contribution in [2.45, 2.75) is 39.8 Å². The lowest BCUT2D eigenvalue weighted by Gasteiger charge is -2.30. The summed E-state index contributed by atoms with van der Waals surface area (Å²) in [5.41, 5.74) is 2.10. The van der Waals surface area contributed by atoms with Crippen LogP contribution < -0.4 is 10.1 Å². The minimum absolute atomic E-state index is 0.164. The van der Waals surface area contributed by atoms with Crippen LogP contribution in [0.25, 0.3) is 0 Å². The van der Waals surface area contributed by atoms with E-state index in [1.54, 1.807) is 23.1 Å². The Balaban J connectivity index is 2.20. The Morgan fingerprint density at radius 3 is 2.45 bits per heavy atom. The zero-order valence-corrected chi connectivity index (χ0v) is 19.2. The Kier molecular flexibility index (Phi) is 8.99. The number of carbonyl (C=O) groups is 2. The monoisotopic (exact) mass is 480 g/mol. The van der Waals surface area contributed by atoms with Crippen molar-refractivity contribution >= 4 is 39.3 Å². The van der Waals surface area contributed by atoms with Crippen LogP contribution in [0.1, 0.15) is 31.4 Å². The minimum Gasteiger partial charge on any atom is -0.483 e. The third-order valence-corrected chi connectivity index (χ3v) is 5.31. The molecule has 0 saturated heterocycles. The van der Waals surface area contributed by atoms with Gasteiger partial charge in [-0.25, -0.2) is 0 Å². The average molecular weight is 482 g/mol. The van der Waals surface area contributed by atoms with Crippen molar-refractivity contribution in [3.63, 3.8) is 0 Å². The highest BCUT2D eigenvalue weighted by Crippen LogP contribution is 2.28. The highest BCUT2D eigenvalue weighted by molar-refractivity contribution is 9.10. The van der Waals surface area contributed by atoms with Crippen molar-refractivity contribution in [1.82, 2.24) is 10.2 Å². The molecular formula is C22H26BrClN2O3. The number of hydrogen-bond donors (Lipinski definition) is 1. The molecule has 0 unspecified atom stereocenters. The van der Waals surface area contributed by atoms with Crippen LogP contribution >= 0.6 is 27.5 Å². The molecule has 0 aliphatic heterocycles. The molecule has 0 saturated carbocycles. The number of hydrogen-bond acceptors (Lipinski definition) is 3. The molecular weight excluding hydrogens is 456 g/mol. The number of amides is 2. The normalized spacial score (nSPS) is 11.6. The third-order valence-electron chi connectivity index (χ3n) is 4.46. The molecule has 0 heterocycles. The van der Waals surface area contributed by atoms with Crippen molar-refractivity contribution in [1.29, 1.82) is 0 Å². The maximum atomic E-state index is 13.1. The number of halogens is 2.